The summed E-state index contributed by atoms with van der Waals surface area (Å²) in [5.41, 5.74) is -0.307. The second kappa shape index (κ2) is 6.65. The van der Waals surface area contributed by atoms with E-state index in [0.717, 1.165) is 12.1 Å². The van der Waals surface area contributed by atoms with Crippen molar-refractivity contribution in [2.75, 3.05) is 0 Å². The first-order valence-electron chi connectivity index (χ1n) is 7.74. The van der Waals surface area contributed by atoms with E-state index in [2.05, 4.69) is 19.8 Å². The fourth-order valence-corrected chi connectivity index (χ4v) is 2.78. The highest BCUT2D eigenvalue weighted by atomic mass is 19.4. The third-order valence-electron chi connectivity index (χ3n) is 3.92. The maximum Gasteiger partial charge on any atom is 0.573 e. The summed E-state index contributed by atoms with van der Waals surface area (Å²) < 4.78 is 56.1. The molecule has 7 nitrogen and oxygen atoms in total. The van der Waals surface area contributed by atoms with Crippen molar-refractivity contribution in [1.29, 1.82) is 0 Å². The van der Waals surface area contributed by atoms with Crippen molar-refractivity contribution in [3.63, 3.8) is 0 Å². The second-order valence-corrected chi connectivity index (χ2v) is 5.81. The lowest BCUT2D eigenvalue weighted by Crippen LogP contribution is -2.18. The Bertz CT molecular complexity index is 1060. The monoisotopic (exact) mass is 386 g/mol. The lowest BCUT2D eigenvalue weighted by molar-refractivity contribution is -0.274. The predicted octanol–water partition coefficient (Wildman–Crippen LogP) is 2.57. The van der Waals surface area contributed by atoms with Gasteiger partial charge in [-0.2, -0.15) is 5.10 Å². The van der Waals surface area contributed by atoms with Gasteiger partial charge in [0.1, 0.15) is 28.5 Å². The Labute approximate surface area is 149 Å². The number of benzene rings is 1. The number of aliphatic hydroxyl groups is 1. The molecule has 0 spiro atoms. The third-order valence-corrected chi connectivity index (χ3v) is 3.92. The van der Waals surface area contributed by atoms with Crippen LogP contribution < -0.4 is 10.3 Å². The topological polar surface area (TPSA) is 93.0 Å². The number of ether oxygens (including phenoxy) is 1. The van der Waals surface area contributed by atoms with Crippen molar-refractivity contribution >= 4 is 11.0 Å². The van der Waals surface area contributed by atoms with Crippen molar-refractivity contribution in [3.8, 4) is 5.75 Å². The minimum Gasteiger partial charge on any atom is -0.406 e. The molecule has 144 valence electrons. The zero-order valence-electron chi connectivity index (χ0n) is 14.1. The molecule has 0 aliphatic heterocycles. The molecule has 3 rings (SSSR count). The summed E-state index contributed by atoms with van der Waals surface area (Å²) in [5.74, 6) is -1.34. The number of aromatic nitrogens is 4. The summed E-state index contributed by atoms with van der Waals surface area (Å²) in [4.78, 5) is 18.8. The van der Waals surface area contributed by atoms with E-state index in [0.29, 0.717) is 11.9 Å². The molecule has 0 aliphatic rings. The molecule has 0 amide bonds. The molecule has 1 aromatic carbocycles. The number of nitrogens with zero attached hydrogens (tertiary/aromatic N) is 3. The number of halogens is 4. The minimum absolute atomic E-state index is 0.0122. The molecular formula is C16H14F4N4O3. The Balaban J connectivity index is 2.09. The van der Waals surface area contributed by atoms with Gasteiger partial charge in [0.05, 0.1) is 12.6 Å². The zero-order valence-corrected chi connectivity index (χ0v) is 14.1. The number of nitrogens with one attached hydrogen (secondary N) is 1. The molecule has 1 unspecified atom stereocenters. The SMILES string of the molecule is Cc1nc2c(c(CO)nn2C(C)c2ccc(OC(F)(F)F)cc2F)c(=O)[nH]1. The highest BCUT2D eigenvalue weighted by molar-refractivity contribution is 5.77. The summed E-state index contributed by atoms with van der Waals surface area (Å²) in [6, 6.07) is 1.91. The van der Waals surface area contributed by atoms with Crippen LogP contribution in [0, 0.1) is 12.7 Å². The molecule has 1 atom stereocenters. The first-order chi connectivity index (χ1) is 12.6. The number of alkyl halides is 3. The second-order valence-electron chi connectivity index (χ2n) is 5.81. The highest BCUT2D eigenvalue weighted by Crippen LogP contribution is 2.29. The van der Waals surface area contributed by atoms with Crippen molar-refractivity contribution < 1.29 is 27.4 Å². The number of hydrogen-bond donors (Lipinski definition) is 2. The van der Waals surface area contributed by atoms with Gasteiger partial charge in [-0.05, 0) is 19.9 Å². The summed E-state index contributed by atoms with van der Waals surface area (Å²) in [6.45, 7) is 2.55. The summed E-state index contributed by atoms with van der Waals surface area (Å²) in [6.07, 6.45) is -4.93. The van der Waals surface area contributed by atoms with E-state index in [1.165, 1.54) is 11.6 Å². The number of aryl methyl sites for hydroxylation is 1. The van der Waals surface area contributed by atoms with Gasteiger partial charge in [0.15, 0.2) is 5.65 Å². The van der Waals surface area contributed by atoms with Gasteiger partial charge in [-0.3, -0.25) is 4.79 Å². The molecule has 2 heterocycles. The predicted molar refractivity (Wildman–Crippen MR) is 85.7 cm³/mol. The molecule has 0 bridgehead atoms. The van der Waals surface area contributed by atoms with Gasteiger partial charge in [-0.1, -0.05) is 6.07 Å². The van der Waals surface area contributed by atoms with Crippen LogP contribution in [0.4, 0.5) is 17.6 Å². The van der Waals surface area contributed by atoms with Crippen LogP contribution in [-0.2, 0) is 6.61 Å². The van der Waals surface area contributed by atoms with Gasteiger partial charge in [0, 0.05) is 11.6 Å². The Morgan fingerprint density at radius 1 is 1.37 bits per heavy atom. The fourth-order valence-electron chi connectivity index (χ4n) is 2.78. The van der Waals surface area contributed by atoms with Gasteiger partial charge in [-0.25, -0.2) is 14.1 Å². The van der Waals surface area contributed by atoms with Crippen LogP contribution in [0.25, 0.3) is 11.0 Å². The molecule has 0 saturated carbocycles. The van der Waals surface area contributed by atoms with E-state index in [1.54, 1.807) is 6.92 Å². The zero-order chi connectivity index (χ0) is 19.9. The lowest BCUT2D eigenvalue weighted by atomic mass is 10.1. The minimum atomic E-state index is -4.93. The Morgan fingerprint density at radius 2 is 2.07 bits per heavy atom. The summed E-state index contributed by atoms with van der Waals surface area (Å²) >= 11 is 0. The third kappa shape index (κ3) is 3.63. The maximum absolute atomic E-state index is 14.4. The molecule has 0 fully saturated rings. The van der Waals surface area contributed by atoms with Gasteiger partial charge in [0.2, 0.25) is 0 Å². The average molecular weight is 386 g/mol. The smallest absolute Gasteiger partial charge is 0.406 e. The van der Waals surface area contributed by atoms with E-state index in [-0.39, 0.29) is 22.3 Å². The maximum atomic E-state index is 14.4. The quantitative estimate of drug-likeness (QED) is 0.673. The van der Waals surface area contributed by atoms with Crippen molar-refractivity contribution in [2.24, 2.45) is 0 Å². The molecule has 2 aromatic heterocycles. The van der Waals surface area contributed by atoms with Crippen LogP contribution in [0.3, 0.4) is 0 Å². The van der Waals surface area contributed by atoms with E-state index in [4.69, 9.17) is 0 Å². The molecule has 11 heteroatoms. The number of fused-ring (bicyclic) bond motifs is 1. The van der Waals surface area contributed by atoms with Crippen molar-refractivity contribution in [1.82, 2.24) is 19.7 Å². The number of hydrogen-bond acceptors (Lipinski definition) is 5. The first kappa shape index (κ1) is 18.8. The summed E-state index contributed by atoms with van der Waals surface area (Å²) in [7, 11) is 0. The van der Waals surface area contributed by atoms with Gasteiger partial charge in [-0.15, -0.1) is 13.2 Å². The van der Waals surface area contributed by atoms with Crippen LogP contribution in [0.5, 0.6) is 5.75 Å². The van der Waals surface area contributed by atoms with Crippen LogP contribution >= 0.6 is 0 Å². The van der Waals surface area contributed by atoms with E-state index >= 15 is 0 Å². The average Bonchev–Trinajstić information content (AvgIpc) is 2.91. The molecule has 27 heavy (non-hydrogen) atoms. The molecule has 3 aromatic rings. The molecule has 0 saturated heterocycles. The van der Waals surface area contributed by atoms with Crippen LogP contribution in [0.1, 0.15) is 30.0 Å². The van der Waals surface area contributed by atoms with E-state index in [9.17, 15) is 27.5 Å². The fraction of sp³-hybridized carbons (Fsp3) is 0.312. The standard InChI is InChI=1S/C16H14F4N4O3/c1-7(10-4-3-9(5-11(10)17)27-16(18,19)20)24-14-13(12(6-25)23-24)15(26)22-8(2)21-14/h3-5,7,25H,6H2,1-2H3,(H,21,22,26). The Hall–Kier alpha value is -2.95. The lowest BCUT2D eigenvalue weighted by Gasteiger charge is -2.16. The van der Waals surface area contributed by atoms with Crippen molar-refractivity contribution in [2.45, 2.75) is 32.9 Å². The number of aliphatic hydroxyl groups excluding tert-OH is 1. The number of H-pyrrole nitrogens is 1. The van der Waals surface area contributed by atoms with Gasteiger partial charge in [0.25, 0.3) is 5.56 Å². The van der Waals surface area contributed by atoms with Crippen LogP contribution in [0.2, 0.25) is 0 Å². The number of aromatic amines is 1. The van der Waals surface area contributed by atoms with E-state index in [1.807, 2.05) is 0 Å². The van der Waals surface area contributed by atoms with E-state index < -0.39 is 36.1 Å². The van der Waals surface area contributed by atoms with Gasteiger partial charge >= 0.3 is 6.36 Å². The largest absolute Gasteiger partial charge is 0.573 e. The Morgan fingerprint density at radius 3 is 2.67 bits per heavy atom. The van der Waals surface area contributed by atoms with Gasteiger partial charge < -0.3 is 14.8 Å². The normalized spacial score (nSPS) is 13.1. The highest BCUT2D eigenvalue weighted by Gasteiger charge is 2.31. The number of rotatable bonds is 4. The molecule has 2 N–H and O–H groups in total. The van der Waals surface area contributed by atoms with Crippen molar-refractivity contribution in [3.05, 3.63) is 51.5 Å². The van der Waals surface area contributed by atoms with Crippen LogP contribution in [-0.4, -0.2) is 31.2 Å². The van der Waals surface area contributed by atoms with Crippen LogP contribution in [0.15, 0.2) is 23.0 Å². The Kier molecular flexibility index (Phi) is 4.64. The molecular weight excluding hydrogens is 372 g/mol. The molecule has 0 aliphatic carbocycles. The molecule has 0 radical (unpaired) electrons. The first-order valence-corrected chi connectivity index (χ1v) is 7.74. The summed E-state index contributed by atoms with van der Waals surface area (Å²) in [5, 5.41) is 13.6.